The largest absolute Gasteiger partial charge is 0.383 e. The minimum atomic E-state index is -0.430. The molecule has 124 valence electrons. The molecule has 0 unspecified atom stereocenters. The summed E-state index contributed by atoms with van der Waals surface area (Å²) in [6.45, 7) is 3.16. The van der Waals surface area contributed by atoms with Crippen molar-refractivity contribution in [2.45, 2.75) is 13.5 Å². The molecule has 7 nitrogen and oxygen atoms in total. The van der Waals surface area contributed by atoms with Gasteiger partial charge in [-0.15, -0.1) is 0 Å². The molecule has 1 aromatic carbocycles. The normalized spacial score (nSPS) is 10.9. The number of hydrogen-bond donors (Lipinski definition) is 1. The average Bonchev–Trinajstić information content (AvgIpc) is 2.95. The third-order valence-electron chi connectivity index (χ3n) is 3.86. The van der Waals surface area contributed by atoms with Crippen LogP contribution in [0.15, 0.2) is 42.7 Å². The molecule has 2 aromatic heterocycles. The van der Waals surface area contributed by atoms with Gasteiger partial charge in [0.15, 0.2) is 0 Å². The molecular weight excluding hydrogens is 308 g/mol. The quantitative estimate of drug-likeness (QED) is 0.552. The van der Waals surface area contributed by atoms with Crippen LogP contribution >= 0.6 is 0 Å². The number of nitrogens with zero attached hydrogens (tertiary/aromatic N) is 3. The van der Waals surface area contributed by atoms with Crippen LogP contribution in [0.1, 0.15) is 5.56 Å². The molecule has 24 heavy (non-hydrogen) atoms. The fourth-order valence-electron chi connectivity index (χ4n) is 2.62. The van der Waals surface area contributed by atoms with Gasteiger partial charge in [0.2, 0.25) is 0 Å². The van der Waals surface area contributed by atoms with E-state index in [1.165, 1.54) is 6.20 Å². The minimum absolute atomic E-state index is 0.0196. The molecule has 0 saturated carbocycles. The SMILES string of the molecule is COCCn1ccc2cc(Nc3cc(C)c([N+](=O)[O-])cn3)ccc21. The van der Waals surface area contributed by atoms with Crippen molar-refractivity contribution in [3.05, 3.63) is 58.4 Å². The van der Waals surface area contributed by atoms with E-state index in [9.17, 15) is 10.1 Å². The van der Waals surface area contributed by atoms with E-state index in [4.69, 9.17) is 4.74 Å². The molecule has 3 aromatic rings. The van der Waals surface area contributed by atoms with Crippen molar-refractivity contribution in [1.82, 2.24) is 9.55 Å². The van der Waals surface area contributed by atoms with Gasteiger partial charge in [-0.25, -0.2) is 4.98 Å². The number of aromatic nitrogens is 2. The first kappa shape index (κ1) is 15.9. The molecule has 0 atom stereocenters. The van der Waals surface area contributed by atoms with Gasteiger partial charge in [0.1, 0.15) is 12.0 Å². The highest BCUT2D eigenvalue weighted by atomic mass is 16.6. The molecule has 0 bridgehead atoms. The summed E-state index contributed by atoms with van der Waals surface area (Å²) in [5.41, 5.74) is 2.61. The van der Waals surface area contributed by atoms with E-state index in [2.05, 4.69) is 14.9 Å². The third kappa shape index (κ3) is 3.21. The van der Waals surface area contributed by atoms with Gasteiger partial charge in [0, 0.05) is 42.0 Å². The van der Waals surface area contributed by atoms with Crippen molar-refractivity contribution in [2.75, 3.05) is 19.0 Å². The number of aryl methyl sites for hydroxylation is 1. The van der Waals surface area contributed by atoms with Gasteiger partial charge >= 0.3 is 0 Å². The monoisotopic (exact) mass is 326 g/mol. The Hall–Kier alpha value is -2.93. The van der Waals surface area contributed by atoms with Gasteiger partial charge in [-0.3, -0.25) is 10.1 Å². The highest BCUT2D eigenvalue weighted by Gasteiger charge is 2.11. The second kappa shape index (κ2) is 6.67. The lowest BCUT2D eigenvalue weighted by molar-refractivity contribution is -0.385. The average molecular weight is 326 g/mol. The first-order valence-electron chi connectivity index (χ1n) is 7.54. The number of anilines is 2. The Labute approximate surface area is 139 Å². The van der Waals surface area contributed by atoms with Crippen molar-refractivity contribution >= 4 is 28.1 Å². The zero-order valence-corrected chi connectivity index (χ0v) is 13.5. The predicted molar refractivity (Wildman–Crippen MR) is 92.7 cm³/mol. The summed E-state index contributed by atoms with van der Waals surface area (Å²) in [6.07, 6.45) is 3.30. The first-order valence-corrected chi connectivity index (χ1v) is 7.54. The standard InChI is InChI=1S/C17H18N4O3/c1-12-9-17(18-11-16(12)21(22)23)19-14-3-4-15-13(10-14)5-6-20(15)7-8-24-2/h3-6,9-11H,7-8H2,1-2H3,(H,18,19). The number of nitro groups is 1. The number of methoxy groups -OCH3 is 1. The Bertz CT molecular complexity index is 889. The maximum absolute atomic E-state index is 10.8. The molecule has 2 heterocycles. The van der Waals surface area contributed by atoms with E-state index in [0.29, 0.717) is 18.0 Å². The maximum atomic E-state index is 10.8. The second-order valence-electron chi connectivity index (χ2n) is 5.51. The Morgan fingerprint density at radius 3 is 2.88 bits per heavy atom. The fourth-order valence-corrected chi connectivity index (χ4v) is 2.62. The number of fused-ring (bicyclic) bond motifs is 1. The Kier molecular flexibility index (Phi) is 4.43. The number of ether oxygens (including phenoxy) is 1. The van der Waals surface area contributed by atoms with Crippen LogP contribution in [0.3, 0.4) is 0 Å². The molecule has 3 rings (SSSR count). The van der Waals surface area contributed by atoms with Gasteiger partial charge in [-0.2, -0.15) is 0 Å². The van der Waals surface area contributed by atoms with E-state index >= 15 is 0 Å². The summed E-state index contributed by atoms with van der Waals surface area (Å²) in [5, 5.41) is 15.1. The Balaban J connectivity index is 1.83. The van der Waals surface area contributed by atoms with Gasteiger partial charge in [-0.1, -0.05) is 0 Å². The van der Waals surface area contributed by atoms with Crippen molar-refractivity contribution in [3.8, 4) is 0 Å². The van der Waals surface area contributed by atoms with Crippen LogP contribution < -0.4 is 5.32 Å². The van der Waals surface area contributed by atoms with Crippen LogP contribution in [0.25, 0.3) is 10.9 Å². The van der Waals surface area contributed by atoms with Crippen LogP contribution in [0.4, 0.5) is 17.2 Å². The molecule has 0 spiro atoms. The first-order chi connectivity index (χ1) is 11.6. The lowest BCUT2D eigenvalue weighted by atomic mass is 10.2. The minimum Gasteiger partial charge on any atom is -0.383 e. The summed E-state index contributed by atoms with van der Waals surface area (Å²) in [4.78, 5) is 14.5. The van der Waals surface area contributed by atoms with Crippen LogP contribution in [0.2, 0.25) is 0 Å². The second-order valence-corrected chi connectivity index (χ2v) is 5.51. The third-order valence-corrected chi connectivity index (χ3v) is 3.86. The van der Waals surface area contributed by atoms with E-state index in [0.717, 1.165) is 23.1 Å². The summed E-state index contributed by atoms with van der Waals surface area (Å²) < 4.78 is 7.25. The molecule has 0 radical (unpaired) electrons. The number of benzene rings is 1. The van der Waals surface area contributed by atoms with Gasteiger partial charge in [0.25, 0.3) is 5.69 Å². The van der Waals surface area contributed by atoms with Crippen molar-refractivity contribution < 1.29 is 9.66 Å². The fraction of sp³-hybridized carbons (Fsp3) is 0.235. The summed E-state index contributed by atoms with van der Waals surface area (Å²) >= 11 is 0. The highest BCUT2D eigenvalue weighted by Crippen LogP contribution is 2.25. The van der Waals surface area contributed by atoms with Gasteiger partial charge < -0.3 is 14.6 Å². The van der Waals surface area contributed by atoms with Gasteiger partial charge in [0.05, 0.1) is 11.5 Å². The molecule has 0 amide bonds. The van der Waals surface area contributed by atoms with E-state index < -0.39 is 4.92 Å². The zero-order valence-electron chi connectivity index (χ0n) is 13.5. The molecule has 0 aliphatic rings. The molecule has 0 fully saturated rings. The maximum Gasteiger partial charge on any atom is 0.290 e. The summed E-state index contributed by atoms with van der Waals surface area (Å²) in [7, 11) is 1.69. The number of pyridine rings is 1. The molecule has 7 heteroatoms. The lowest BCUT2D eigenvalue weighted by Crippen LogP contribution is -2.02. The van der Waals surface area contributed by atoms with Crippen LogP contribution in [0.5, 0.6) is 0 Å². The van der Waals surface area contributed by atoms with Crippen molar-refractivity contribution in [1.29, 1.82) is 0 Å². The highest BCUT2D eigenvalue weighted by molar-refractivity contribution is 5.84. The smallest absolute Gasteiger partial charge is 0.290 e. The molecular formula is C17H18N4O3. The zero-order chi connectivity index (χ0) is 17.1. The summed E-state index contributed by atoms with van der Waals surface area (Å²) in [6, 6.07) is 9.74. The lowest BCUT2D eigenvalue weighted by Gasteiger charge is -2.08. The van der Waals surface area contributed by atoms with E-state index in [1.54, 1.807) is 20.1 Å². The van der Waals surface area contributed by atoms with E-state index in [1.807, 2.05) is 30.5 Å². The van der Waals surface area contributed by atoms with Crippen LogP contribution in [0, 0.1) is 17.0 Å². The number of nitrogens with one attached hydrogen (secondary N) is 1. The van der Waals surface area contributed by atoms with Gasteiger partial charge in [-0.05, 0) is 37.3 Å². The molecule has 1 N–H and O–H groups in total. The van der Waals surface area contributed by atoms with Crippen molar-refractivity contribution in [2.24, 2.45) is 0 Å². The predicted octanol–water partition coefficient (Wildman–Crippen LogP) is 3.64. The van der Waals surface area contributed by atoms with Crippen LogP contribution in [-0.2, 0) is 11.3 Å². The Morgan fingerprint density at radius 1 is 1.33 bits per heavy atom. The molecule has 0 aliphatic carbocycles. The topological polar surface area (TPSA) is 82.2 Å². The number of hydrogen-bond acceptors (Lipinski definition) is 5. The van der Waals surface area contributed by atoms with Crippen molar-refractivity contribution in [3.63, 3.8) is 0 Å². The number of rotatable bonds is 6. The Morgan fingerprint density at radius 2 is 2.17 bits per heavy atom. The van der Waals surface area contributed by atoms with E-state index in [-0.39, 0.29) is 5.69 Å². The summed E-state index contributed by atoms with van der Waals surface area (Å²) in [5.74, 6) is 0.580. The molecule has 0 aliphatic heterocycles. The molecule has 0 saturated heterocycles. The van der Waals surface area contributed by atoms with Crippen LogP contribution in [-0.4, -0.2) is 28.2 Å².